The lowest BCUT2D eigenvalue weighted by molar-refractivity contribution is 0.101. The molecule has 0 unspecified atom stereocenters. The normalized spacial score (nSPS) is 11.0. The molecule has 0 aliphatic carbocycles. The Morgan fingerprint density at radius 2 is 1.76 bits per heavy atom. The van der Waals surface area contributed by atoms with Crippen molar-refractivity contribution in [3.63, 3.8) is 0 Å². The highest BCUT2D eigenvalue weighted by Gasteiger charge is 2.19. The minimum Gasteiger partial charge on any atom is -0.452 e. The third-order valence-corrected chi connectivity index (χ3v) is 4.37. The van der Waals surface area contributed by atoms with Gasteiger partial charge in [0.1, 0.15) is 5.58 Å². The van der Waals surface area contributed by atoms with Crippen LogP contribution in [0.4, 0.5) is 0 Å². The van der Waals surface area contributed by atoms with Crippen molar-refractivity contribution in [3.8, 4) is 0 Å². The summed E-state index contributed by atoms with van der Waals surface area (Å²) >= 11 is 3.45. The lowest BCUT2D eigenvalue weighted by Gasteiger charge is -2.03. The Hall–Kier alpha value is -1.87. The fraction of sp³-hybridized carbons (Fsp3) is 0.167. The van der Waals surface area contributed by atoms with E-state index in [9.17, 15) is 4.79 Å². The number of fused-ring (bicyclic) bond motifs is 1. The van der Waals surface area contributed by atoms with E-state index >= 15 is 0 Å². The van der Waals surface area contributed by atoms with Gasteiger partial charge in [0.2, 0.25) is 5.78 Å². The molecular formula is C18H15BrO2. The van der Waals surface area contributed by atoms with E-state index in [2.05, 4.69) is 15.9 Å². The van der Waals surface area contributed by atoms with Crippen LogP contribution in [0.5, 0.6) is 0 Å². The lowest BCUT2D eigenvalue weighted by Crippen LogP contribution is -2.02. The topological polar surface area (TPSA) is 30.2 Å². The van der Waals surface area contributed by atoms with Crippen LogP contribution in [-0.2, 0) is 0 Å². The first-order valence-electron chi connectivity index (χ1n) is 6.78. The molecule has 3 aromatic rings. The molecule has 0 spiro atoms. The molecule has 0 amide bonds. The number of rotatable bonds is 2. The molecular weight excluding hydrogens is 328 g/mol. The third kappa shape index (κ3) is 2.42. The van der Waals surface area contributed by atoms with Crippen LogP contribution in [-0.4, -0.2) is 5.78 Å². The SMILES string of the molecule is Cc1ccc(C(=O)c2oc3ccc(Br)cc3c2C)cc1C. The second-order valence-electron chi connectivity index (χ2n) is 5.32. The van der Waals surface area contributed by atoms with Gasteiger partial charge < -0.3 is 4.42 Å². The number of benzene rings is 2. The molecule has 3 heteroatoms. The molecule has 2 aromatic carbocycles. The molecule has 21 heavy (non-hydrogen) atoms. The number of aryl methyl sites for hydroxylation is 3. The van der Waals surface area contributed by atoms with Crippen molar-refractivity contribution >= 4 is 32.7 Å². The quantitative estimate of drug-likeness (QED) is 0.587. The van der Waals surface area contributed by atoms with E-state index in [1.54, 1.807) is 0 Å². The van der Waals surface area contributed by atoms with Crippen molar-refractivity contribution in [1.29, 1.82) is 0 Å². The Labute approximate surface area is 131 Å². The second kappa shape index (κ2) is 5.15. The summed E-state index contributed by atoms with van der Waals surface area (Å²) in [6.45, 7) is 5.97. The summed E-state index contributed by atoms with van der Waals surface area (Å²) in [6, 6.07) is 11.5. The molecule has 0 N–H and O–H groups in total. The maximum absolute atomic E-state index is 12.7. The van der Waals surface area contributed by atoms with Crippen LogP contribution < -0.4 is 0 Å². The first-order chi connectivity index (χ1) is 9.97. The van der Waals surface area contributed by atoms with Crippen LogP contribution in [0, 0.1) is 20.8 Å². The average Bonchev–Trinajstić information content (AvgIpc) is 2.78. The summed E-state index contributed by atoms with van der Waals surface area (Å²) in [5.41, 5.74) is 4.57. The van der Waals surface area contributed by atoms with E-state index in [0.717, 1.165) is 26.6 Å². The monoisotopic (exact) mass is 342 g/mol. The zero-order valence-corrected chi connectivity index (χ0v) is 13.7. The molecule has 1 heterocycles. The predicted molar refractivity (Wildman–Crippen MR) is 88.0 cm³/mol. The van der Waals surface area contributed by atoms with Crippen LogP contribution in [0.25, 0.3) is 11.0 Å². The van der Waals surface area contributed by atoms with E-state index in [0.29, 0.717) is 11.3 Å². The van der Waals surface area contributed by atoms with Gasteiger partial charge in [0.15, 0.2) is 5.76 Å². The number of halogens is 1. The fourth-order valence-corrected chi connectivity index (χ4v) is 2.78. The first-order valence-corrected chi connectivity index (χ1v) is 7.57. The molecule has 0 radical (unpaired) electrons. The largest absolute Gasteiger partial charge is 0.452 e. The number of furan rings is 1. The van der Waals surface area contributed by atoms with Gasteiger partial charge in [-0.2, -0.15) is 0 Å². The highest BCUT2D eigenvalue weighted by atomic mass is 79.9. The zero-order chi connectivity index (χ0) is 15.1. The predicted octanol–water partition coefficient (Wildman–Crippen LogP) is 5.35. The molecule has 0 bridgehead atoms. The van der Waals surface area contributed by atoms with Crippen molar-refractivity contribution in [1.82, 2.24) is 0 Å². The van der Waals surface area contributed by atoms with Gasteiger partial charge in [-0.05, 0) is 56.2 Å². The van der Waals surface area contributed by atoms with Gasteiger partial charge in [0, 0.05) is 21.0 Å². The number of hydrogen-bond acceptors (Lipinski definition) is 2. The summed E-state index contributed by atoms with van der Waals surface area (Å²) in [6.07, 6.45) is 0. The minimum absolute atomic E-state index is 0.0667. The molecule has 0 saturated carbocycles. The van der Waals surface area contributed by atoms with Gasteiger partial charge in [-0.25, -0.2) is 0 Å². The van der Waals surface area contributed by atoms with Gasteiger partial charge in [-0.1, -0.05) is 28.1 Å². The Morgan fingerprint density at radius 1 is 1.00 bits per heavy atom. The van der Waals surface area contributed by atoms with Gasteiger partial charge in [-0.3, -0.25) is 4.79 Å². The maximum atomic E-state index is 12.7. The number of hydrogen-bond donors (Lipinski definition) is 0. The van der Waals surface area contributed by atoms with Gasteiger partial charge >= 0.3 is 0 Å². The van der Waals surface area contributed by atoms with Crippen LogP contribution in [0.3, 0.4) is 0 Å². The lowest BCUT2D eigenvalue weighted by atomic mass is 10.0. The summed E-state index contributed by atoms with van der Waals surface area (Å²) < 4.78 is 6.75. The van der Waals surface area contributed by atoms with Gasteiger partial charge in [0.25, 0.3) is 0 Å². The van der Waals surface area contributed by atoms with Crippen molar-refractivity contribution in [3.05, 3.63) is 68.9 Å². The Bertz CT molecular complexity index is 859. The molecule has 106 valence electrons. The van der Waals surface area contributed by atoms with Gasteiger partial charge in [-0.15, -0.1) is 0 Å². The van der Waals surface area contributed by atoms with Crippen LogP contribution in [0.2, 0.25) is 0 Å². The Balaban J connectivity index is 2.13. The average molecular weight is 343 g/mol. The molecule has 0 aliphatic rings. The number of carbonyl (C=O) groups excluding carboxylic acids is 1. The second-order valence-corrected chi connectivity index (χ2v) is 6.24. The summed E-state index contributed by atoms with van der Waals surface area (Å²) in [5, 5.41) is 0.969. The smallest absolute Gasteiger partial charge is 0.228 e. The minimum atomic E-state index is -0.0667. The number of ketones is 1. The van der Waals surface area contributed by atoms with Crippen molar-refractivity contribution in [2.45, 2.75) is 20.8 Å². The molecule has 2 nitrogen and oxygen atoms in total. The highest BCUT2D eigenvalue weighted by Crippen LogP contribution is 2.29. The van der Waals surface area contributed by atoms with E-state index in [-0.39, 0.29) is 5.78 Å². The molecule has 0 saturated heterocycles. The molecule has 1 aromatic heterocycles. The Kier molecular flexibility index (Phi) is 3.46. The molecule has 0 atom stereocenters. The van der Waals surface area contributed by atoms with E-state index in [1.165, 1.54) is 5.56 Å². The van der Waals surface area contributed by atoms with Crippen LogP contribution in [0.1, 0.15) is 32.8 Å². The first kappa shape index (κ1) is 14.1. The molecule has 0 aliphatic heterocycles. The summed E-state index contributed by atoms with van der Waals surface area (Å²) in [5.74, 6) is 0.356. The van der Waals surface area contributed by atoms with Crippen molar-refractivity contribution in [2.75, 3.05) is 0 Å². The van der Waals surface area contributed by atoms with Gasteiger partial charge in [0.05, 0.1) is 0 Å². The van der Waals surface area contributed by atoms with E-state index in [1.807, 2.05) is 57.2 Å². The highest BCUT2D eigenvalue weighted by molar-refractivity contribution is 9.10. The number of carbonyl (C=O) groups is 1. The standard InChI is InChI=1S/C18H15BrO2/c1-10-4-5-13(8-11(10)2)17(20)18-12(3)15-9-14(19)6-7-16(15)21-18/h4-9H,1-3H3. The van der Waals surface area contributed by atoms with Crippen LogP contribution >= 0.6 is 15.9 Å². The maximum Gasteiger partial charge on any atom is 0.228 e. The summed E-state index contributed by atoms with van der Waals surface area (Å²) in [4.78, 5) is 12.7. The van der Waals surface area contributed by atoms with E-state index in [4.69, 9.17) is 4.42 Å². The van der Waals surface area contributed by atoms with Crippen LogP contribution in [0.15, 0.2) is 45.3 Å². The summed E-state index contributed by atoms with van der Waals surface area (Å²) in [7, 11) is 0. The van der Waals surface area contributed by atoms with Crippen molar-refractivity contribution < 1.29 is 9.21 Å². The fourth-order valence-electron chi connectivity index (χ4n) is 2.42. The zero-order valence-electron chi connectivity index (χ0n) is 12.2. The van der Waals surface area contributed by atoms with Crippen molar-refractivity contribution in [2.24, 2.45) is 0 Å². The Morgan fingerprint density at radius 3 is 2.48 bits per heavy atom. The molecule has 3 rings (SSSR count). The third-order valence-electron chi connectivity index (χ3n) is 3.87. The molecule has 0 fully saturated rings. The van der Waals surface area contributed by atoms with E-state index < -0.39 is 0 Å².